The third kappa shape index (κ3) is 32.6. The summed E-state index contributed by atoms with van der Waals surface area (Å²) in [6.07, 6.45) is 36.8. The molecule has 1 atom stereocenters. The maximum atomic E-state index is 12.8. The highest BCUT2D eigenvalue weighted by molar-refractivity contribution is 5.84. The Balaban J connectivity index is 3.81. The summed E-state index contributed by atoms with van der Waals surface area (Å²) in [6.45, 7) is 4.70. The van der Waals surface area contributed by atoms with Crippen LogP contribution < -0.4 is 5.32 Å². The van der Waals surface area contributed by atoms with Crippen LogP contribution in [0, 0.1) is 0 Å². The van der Waals surface area contributed by atoms with Crippen LogP contribution >= 0.6 is 0 Å². The molecule has 0 aliphatic heterocycles. The second-order valence-electron chi connectivity index (χ2n) is 13.8. The SMILES string of the molecule is CCCCCCCCCCCCCCCCCCNC(=O)CN(CC(O)CO)C(=O)CCCCCCCCCCCCCCC. The van der Waals surface area contributed by atoms with Gasteiger partial charge in [0, 0.05) is 19.5 Å². The fraction of sp³-hybridized carbons (Fsp3) is 0.949. The number of unbranched alkanes of at least 4 members (excludes halogenated alkanes) is 27. The van der Waals surface area contributed by atoms with Gasteiger partial charge in [-0.1, -0.05) is 187 Å². The van der Waals surface area contributed by atoms with E-state index in [9.17, 15) is 19.8 Å². The molecule has 0 aliphatic carbocycles. The first kappa shape index (κ1) is 43.9. The van der Waals surface area contributed by atoms with Crippen molar-refractivity contribution >= 4 is 11.8 Å². The van der Waals surface area contributed by atoms with Crippen LogP contribution in [0.15, 0.2) is 0 Å². The lowest BCUT2D eigenvalue weighted by atomic mass is 10.0. The van der Waals surface area contributed by atoms with E-state index in [0.29, 0.717) is 13.0 Å². The summed E-state index contributed by atoms with van der Waals surface area (Å²) in [5, 5.41) is 22.2. The van der Waals surface area contributed by atoms with E-state index in [1.54, 1.807) is 0 Å². The highest BCUT2D eigenvalue weighted by Gasteiger charge is 2.19. The second-order valence-corrected chi connectivity index (χ2v) is 13.8. The van der Waals surface area contributed by atoms with E-state index in [-0.39, 0.29) is 24.9 Å². The number of carbonyl (C=O) groups excluding carboxylic acids is 2. The predicted molar refractivity (Wildman–Crippen MR) is 193 cm³/mol. The van der Waals surface area contributed by atoms with E-state index in [4.69, 9.17) is 0 Å². The number of nitrogens with one attached hydrogen (secondary N) is 1. The van der Waals surface area contributed by atoms with E-state index in [1.165, 1.54) is 159 Å². The van der Waals surface area contributed by atoms with Gasteiger partial charge in [0.15, 0.2) is 0 Å². The Bertz CT molecular complexity index is 630. The number of carbonyl (C=O) groups is 2. The van der Waals surface area contributed by atoms with Crippen LogP contribution in [0.2, 0.25) is 0 Å². The maximum absolute atomic E-state index is 12.8. The first-order chi connectivity index (χ1) is 22.0. The van der Waals surface area contributed by atoms with Crippen LogP contribution in [0.1, 0.15) is 206 Å². The Morgan fingerprint density at radius 1 is 0.533 bits per heavy atom. The van der Waals surface area contributed by atoms with Crippen molar-refractivity contribution in [3.63, 3.8) is 0 Å². The minimum absolute atomic E-state index is 0.000243. The summed E-state index contributed by atoms with van der Waals surface area (Å²) in [6, 6.07) is 0. The average Bonchev–Trinajstić information content (AvgIpc) is 3.04. The van der Waals surface area contributed by atoms with Crippen molar-refractivity contribution in [1.82, 2.24) is 10.2 Å². The van der Waals surface area contributed by atoms with Gasteiger partial charge in [0.25, 0.3) is 0 Å². The number of nitrogens with zero attached hydrogens (tertiary/aromatic N) is 1. The number of aliphatic hydroxyl groups excluding tert-OH is 2. The molecule has 0 rings (SSSR count). The van der Waals surface area contributed by atoms with Gasteiger partial charge in [-0.05, 0) is 12.8 Å². The lowest BCUT2D eigenvalue weighted by molar-refractivity contribution is -0.137. The van der Waals surface area contributed by atoms with Crippen LogP contribution in [0.3, 0.4) is 0 Å². The van der Waals surface area contributed by atoms with Crippen LogP contribution in [-0.2, 0) is 9.59 Å². The molecular weight excluding hydrogens is 560 g/mol. The van der Waals surface area contributed by atoms with Gasteiger partial charge in [0.1, 0.15) is 0 Å². The fourth-order valence-electron chi connectivity index (χ4n) is 6.15. The molecule has 0 aromatic heterocycles. The van der Waals surface area contributed by atoms with Crippen LogP contribution in [-0.4, -0.2) is 59.3 Å². The quantitative estimate of drug-likeness (QED) is 0.0596. The molecule has 268 valence electrons. The first-order valence-corrected chi connectivity index (χ1v) is 19.9. The van der Waals surface area contributed by atoms with E-state index in [2.05, 4.69) is 19.2 Å². The van der Waals surface area contributed by atoms with Gasteiger partial charge in [0.05, 0.1) is 19.3 Å². The standard InChI is InChI=1S/C39H78N2O4/c1-3-5-7-9-11-13-15-17-18-19-21-23-25-27-29-31-33-40-38(44)35-41(34-37(43)36-42)39(45)32-30-28-26-24-22-20-16-14-12-10-8-6-4-2/h37,42-43H,3-36H2,1-2H3,(H,40,44). The van der Waals surface area contributed by atoms with Crippen molar-refractivity contribution in [1.29, 1.82) is 0 Å². The molecule has 0 heterocycles. The Labute approximate surface area is 280 Å². The van der Waals surface area contributed by atoms with Crippen molar-refractivity contribution in [3.8, 4) is 0 Å². The van der Waals surface area contributed by atoms with E-state index >= 15 is 0 Å². The second kappa shape index (κ2) is 35.7. The summed E-state index contributed by atoms with van der Waals surface area (Å²) < 4.78 is 0. The summed E-state index contributed by atoms with van der Waals surface area (Å²) in [5.74, 6) is -0.289. The van der Waals surface area contributed by atoms with Crippen LogP contribution in [0.4, 0.5) is 0 Å². The molecule has 0 radical (unpaired) electrons. The zero-order chi connectivity index (χ0) is 33.1. The summed E-state index contributed by atoms with van der Waals surface area (Å²) in [5.41, 5.74) is 0. The number of amides is 2. The molecular formula is C39H78N2O4. The van der Waals surface area contributed by atoms with E-state index < -0.39 is 12.7 Å². The zero-order valence-corrected chi connectivity index (χ0v) is 30.3. The normalized spacial score (nSPS) is 12.0. The van der Waals surface area contributed by atoms with Crippen molar-refractivity contribution in [2.75, 3.05) is 26.2 Å². The number of hydrogen-bond donors (Lipinski definition) is 3. The molecule has 6 heteroatoms. The largest absolute Gasteiger partial charge is 0.394 e. The van der Waals surface area contributed by atoms with Gasteiger partial charge >= 0.3 is 0 Å². The molecule has 0 saturated heterocycles. The minimum Gasteiger partial charge on any atom is -0.394 e. The smallest absolute Gasteiger partial charge is 0.239 e. The molecule has 0 fully saturated rings. The number of hydrogen-bond acceptors (Lipinski definition) is 4. The lowest BCUT2D eigenvalue weighted by Gasteiger charge is -2.24. The molecule has 0 saturated carbocycles. The molecule has 6 nitrogen and oxygen atoms in total. The lowest BCUT2D eigenvalue weighted by Crippen LogP contribution is -2.45. The van der Waals surface area contributed by atoms with Gasteiger partial charge < -0.3 is 20.4 Å². The highest BCUT2D eigenvalue weighted by Crippen LogP contribution is 2.15. The summed E-state index contributed by atoms with van der Waals surface area (Å²) in [4.78, 5) is 26.8. The van der Waals surface area contributed by atoms with Crippen LogP contribution in [0.5, 0.6) is 0 Å². The Morgan fingerprint density at radius 3 is 1.22 bits per heavy atom. The van der Waals surface area contributed by atoms with E-state index in [0.717, 1.165) is 32.1 Å². The van der Waals surface area contributed by atoms with Crippen molar-refractivity contribution in [2.45, 2.75) is 213 Å². The molecule has 0 aliphatic rings. The average molecular weight is 639 g/mol. The van der Waals surface area contributed by atoms with Crippen molar-refractivity contribution in [2.24, 2.45) is 0 Å². The summed E-state index contributed by atoms with van der Waals surface area (Å²) in [7, 11) is 0. The van der Waals surface area contributed by atoms with Crippen molar-refractivity contribution < 1.29 is 19.8 Å². The van der Waals surface area contributed by atoms with Crippen molar-refractivity contribution in [3.05, 3.63) is 0 Å². The molecule has 0 aromatic rings. The van der Waals surface area contributed by atoms with Gasteiger partial charge in [-0.2, -0.15) is 0 Å². The molecule has 0 aromatic carbocycles. The monoisotopic (exact) mass is 639 g/mol. The third-order valence-electron chi connectivity index (χ3n) is 9.18. The maximum Gasteiger partial charge on any atom is 0.239 e. The number of aliphatic hydroxyl groups is 2. The molecule has 3 N–H and O–H groups in total. The topological polar surface area (TPSA) is 89.9 Å². The van der Waals surface area contributed by atoms with Gasteiger partial charge in [-0.25, -0.2) is 0 Å². The molecule has 0 spiro atoms. The van der Waals surface area contributed by atoms with Gasteiger partial charge in [0.2, 0.25) is 11.8 Å². The Hall–Kier alpha value is -1.14. The highest BCUT2D eigenvalue weighted by atomic mass is 16.3. The fourth-order valence-corrected chi connectivity index (χ4v) is 6.15. The van der Waals surface area contributed by atoms with Gasteiger partial charge in [-0.3, -0.25) is 9.59 Å². The van der Waals surface area contributed by atoms with Gasteiger partial charge in [-0.15, -0.1) is 0 Å². The van der Waals surface area contributed by atoms with Crippen LogP contribution in [0.25, 0.3) is 0 Å². The molecule has 2 amide bonds. The minimum atomic E-state index is -1.02. The molecule has 45 heavy (non-hydrogen) atoms. The summed E-state index contributed by atoms with van der Waals surface area (Å²) >= 11 is 0. The Morgan fingerprint density at radius 2 is 0.867 bits per heavy atom. The third-order valence-corrected chi connectivity index (χ3v) is 9.18. The van der Waals surface area contributed by atoms with E-state index in [1.807, 2.05) is 0 Å². The molecule has 1 unspecified atom stereocenters. The number of rotatable bonds is 36. The zero-order valence-electron chi connectivity index (χ0n) is 30.3. The Kier molecular flexibility index (Phi) is 34.8. The first-order valence-electron chi connectivity index (χ1n) is 19.9. The molecule has 0 bridgehead atoms. The predicted octanol–water partition coefficient (Wildman–Crippen LogP) is 10.0.